The van der Waals surface area contributed by atoms with Gasteiger partial charge >= 0.3 is 0 Å². The van der Waals surface area contributed by atoms with E-state index >= 15 is 0 Å². The number of nitrogens with one attached hydrogen (secondary N) is 2. The van der Waals surface area contributed by atoms with E-state index in [0.29, 0.717) is 0 Å². The van der Waals surface area contributed by atoms with Gasteiger partial charge in [-0.25, -0.2) is 0 Å². The fourth-order valence-electron chi connectivity index (χ4n) is 3.19. The van der Waals surface area contributed by atoms with Crippen molar-refractivity contribution in [1.29, 1.82) is 0 Å². The van der Waals surface area contributed by atoms with E-state index in [1.807, 2.05) is 0 Å². The molecule has 114 valence electrons. The quantitative estimate of drug-likeness (QED) is 0.913. The highest BCUT2D eigenvalue weighted by molar-refractivity contribution is 5.71. The van der Waals surface area contributed by atoms with E-state index in [2.05, 4.69) is 59.2 Å². The molecule has 0 aromatic heterocycles. The van der Waals surface area contributed by atoms with Gasteiger partial charge in [0.1, 0.15) is 12.5 Å². The maximum absolute atomic E-state index is 5.81. The number of rotatable bonds is 3. The summed E-state index contributed by atoms with van der Waals surface area (Å²) >= 11 is 0. The van der Waals surface area contributed by atoms with Gasteiger partial charge in [0.05, 0.1) is 13.2 Å². The molecule has 0 aliphatic carbocycles. The summed E-state index contributed by atoms with van der Waals surface area (Å²) in [5, 5.41) is 6.81. The summed E-state index contributed by atoms with van der Waals surface area (Å²) in [5.41, 5.74) is 4.78. The maximum atomic E-state index is 5.81. The Labute approximate surface area is 130 Å². The summed E-state index contributed by atoms with van der Waals surface area (Å²) in [7, 11) is 0. The smallest absolute Gasteiger partial charge is 0.135 e. The second-order valence-corrected chi connectivity index (χ2v) is 5.58. The van der Waals surface area contributed by atoms with E-state index in [4.69, 9.17) is 9.47 Å². The summed E-state index contributed by atoms with van der Waals surface area (Å²) in [5.74, 6) is 0. The monoisotopic (exact) mass is 296 g/mol. The van der Waals surface area contributed by atoms with Crippen LogP contribution in [0.2, 0.25) is 0 Å². The minimum atomic E-state index is -0.0262. The van der Waals surface area contributed by atoms with Crippen molar-refractivity contribution in [2.45, 2.75) is 12.5 Å². The molecule has 0 spiro atoms. The Morgan fingerprint density at radius 1 is 0.682 bits per heavy atom. The number of ether oxygens (including phenoxy) is 2. The minimum Gasteiger partial charge on any atom is -0.358 e. The van der Waals surface area contributed by atoms with Crippen molar-refractivity contribution < 1.29 is 9.47 Å². The van der Waals surface area contributed by atoms with Gasteiger partial charge in [-0.3, -0.25) is 10.6 Å². The van der Waals surface area contributed by atoms with Gasteiger partial charge in [-0.1, -0.05) is 48.5 Å². The molecule has 2 aliphatic rings. The number of hydrogen-bond donors (Lipinski definition) is 2. The van der Waals surface area contributed by atoms with Crippen LogP contribution in [0.3, 0.4) is 0 Å². The average molecular weight is 296 g/mol. The van der Waals surface area contributed by atoms with E-state index < -0.39 is 0 Å². The molecule has 0 saturated carbocycles. The van der Waals surface area contributed by atoms with E-state index in [9.17, 15) is 0 Å². The molecular formula is C18H20N2O2. The van der Waals surface area contributed by atoms with Gasteiger partial charge < -0.3 is 9.47 Å². The van der Waals surface area contributed by atoms with Gasteiger partial charge in [-0.2, -0.15) is 0 Å². The number of hydrogen-bond acceptors (Lipinski definition) is 4. The van der Waals surface area contributed by atoms with Crippen molar-refractivity contribution in [3.63, 3.8) is 0 Å². The molecule has 0 amide bonds. The molecule has 4 rings (SSSR count). The molecule has 22 heavy (non-hydrogen) atoms. The molecular weight excluding hydrogens is 276 g/mol. The van der Waals surface area contributed by atoms with Gasteiger partial charge in [0.15, 0.2) is 0 Å². The summed E-state index contributed by atoms with van der Waals surface area (Å²) in [4.78, 5) is 0. The molecule has 2 N–H and O–H groups in total. The molecule has 0 radical (unpaired) electrons. The first-order chi connectivity index (χ1) is 10.9. The van der Waals surface area contributed by atoms with Crippen LogP contribution in [0.5, 0.6) is 0 Å². The van der Waals surface area contributed by atoms with Crippen LogP contribution in [0.4, 0.5) is 0 Å². The fourth-order valence-corrected chi connectivity index (χ4v) is 3.19. The first-order valence-corrected chi connectivity index (χ1v) is 7.82. The third kappa shape index (κ3) is 2.55. The van der Waals surface area contributed by atoms with Crippen LogP contribution >= 0.6 is 0 Å². The Morgan fingerprint density at radius 2 is 1.14 bits per heavy atom. The normalized spacial score (nSPS) is 24.7. The van der Waals surface area contributed by atoms with Crippen LogP contribution in [-0.2, 0) is 9.47 Å². The molecule has 4 nitrogen and oxygen atoms in total. The summed E-state index contributed by atoms with van der Waals surface area (Å²) < 4.78 is 11.6. The molecule has 2 heterocycles. The summed E-state index contributed by atoms with van der Waals surface area (Å²) in [6.07, 6.45) is -0.0524. The van der Waals surface area contributed by atoms with E-state index in [1.54, 1.807) is 0 Å². The Balaban J connectivity index is 1.79. The molecule has 2 fully saturated rings. The third-order valence-corrected chi connectivity index (χ3v) is 4.21. The second kappa shape index (κ2) is 6.18. The van der Waals surface area contributed by atoms with Crippen LogP contribution < -0.4 is 10.6 Å². The topological polar surface area (TPSA) is 42.5 Å². The third-order valence-electron chi connectivity index (χ3n) is 4.21. The van der Waals surface area contributed by atoms with E-state index in [1.165, 1.54) is 22.3 Å². The van der Waals surface area contributed by atoms with Crippen LogP contribution in [0.15, 0.2) is 48.5 Å². The second-order valence-electron chi connectivity index (χ2n) is 5.58. The van der Waals surface area contributed by atoms with Gasteiger partial charge in [-0.05, 0) is 11.1 Å². The van der Waals surface area contributed by atoms with Crippen molar-refractivity contribution in [1.82, 2.24) is 10.6 Å². The largest absolute Gasteiger partial charge is 0.358 e. The lowest BCUT2D eigenvalue weighted by Crippen LogP contribution is -2.17. The Morgan fingerprint density at radius 3 is 1.55 bits per heavy atom. The van der Waals surface area contributed by atoms with E-state index in [0.717, 1.165) is 26.3 Å². The van der Waals surface area contributed by atoms with E-state index in [-0.39, 0.29) is 12.5 Å². The lowest BCUT2D eigenvalue weighted by molar-refractivity contribution is 0.101. The highest BCUT2D eigenvalue weighted by atomic mass is 16.5. The molecule has 2 unspecified atom stereocenters. The van der Waals surface area contributed by atoms with Crippen molar-refractivity contribution in [3.05, 3.63) is 59.7 Å². The van der Waals surface area contributed by atoms with Gasteiger partial charge in [0.2, 0.25) is 0 Å². The van der Waals surface area contributed by atoms with Gasteiger partial charge in [0, 0.05) is 24.2 Å². The zero-order valence-electron chi connectivity index (χ0n) is 12.4. The van der Waals surface area contributed by atoms with Crippen molar-refractivity contribution in [2.75, 3.05) is 26.3 Å². The highest BCUT2D eigenvalue weighted by Gasteiger charge is 2.24. The predicted molar refractivity (Wildman–Crippen MR) is 85.3 cm³/mol. The maximum Gasteiger partial charge on any atom is 0.135 e. The van der Waals surface area contributed by atoms with Crippen LogP contribution in [0.1, 0.15) is 23.6 Å². The van der Waals surface area contributed by atoms with Crippen LogP contribution in [0, 0.1) is 0 Å². The van der Waals surface area contributed by atoms with Crippen molar-refractivity contribution in [3.8, 4) is 11.1 Å². The molecule has 2 saturated heterocycles. The Bertz CT molecular complexity index is 590. The zero-order chi connectivity index (χ0) is 14.8. The van der Waals surface area contributed by atoms with Crippen molar-refractivity contribution in [2.24, 2.45) is 0 Å². The molecule has 2 aromatic carbocycles. The van der Waals surface area contributed by atoms with Crippen LogP contribution in [-0.4, -0.2) is 26.3 Å². The molecule has 4 heteroatoms. The van der Waals surface area contributed by atoms with Gasteiger partial charge in [-0.15, -0.1) is 0 Å². The van der Waals surface area contributed by atoms with Crippen LogP contribution in [0.25, 0.3) is 11.1 Å². The fraction of sp³-hybridized carbons (Fsp3) is 0.333. The average Bonchev–Trinajstić information content (AvgIpc) is 3.28. The first-order valence-electron chi connectivity index (χ1n) is 7.82. The highest BCUT2D eigenvalue weighted by Crippen LogP contribution is 2.35. The first kappa shape index (κ1) is 13.9. The lowest BCUT2D eigenvalue weighted by Gasteiger charge is -2.20. The molecule has 2 atom stereocenters. The zero-order valence-corrected chi connectivity index (χ0v) is 12.4. The SMILES string of the molecule is c1ccc(C2NCCO2)c(-c2ccccc2C2NCCO2)c1. The number of benzene rings is 2. The summed E-state index contributed by atoms with van der Waals surface area (Å²) in [6, 6.07) is 16.9. The Hall–Kier alpha value is -1.72. The van der Waals surface area contributed by atoms with Gasteiger partial charge in [0.25, 0.3) is 0 Å². The molecule has 0 bridgehead atoms. The van der Waals surface area contributed by atoms with Crippen molar-refractivity contribution >= 4 is 0 Å². The Kier molecular flexibility index (Phi) is 3.91. The molecule has 2 aliphatic heterocycles. The summed E-state index contributed by atoms with van der Waals surface area (Å²) in [6.45, 7) is 3.31. The minimum absolute atomic E-state index is 0.0262. The standard InChI is InChI=1S/C18H20N2O2/c1-3-7-15(17-19-9-11-21-17)13(5-1)14-6-2-4-8-16(14)18-20-10-12-22-18/h1-8,17-20H,9-12H2. The molecule has 2 aromatic rings. The lowest BCUT2D eigenvalue weighted by atomic mass is 9.94. The predicted octanol–water partition coefficient (Wildman–Crippen LogP) is 2.59.